The zero-order valence-electron chi connectivity index (χ0n) is 22.8. The predicted octanol–water partition coefficient (Wildman–Crippen LogP) is 2.32. The Kier molecular flexibility index (Phi) is 5.74. The van der Waals surface area contributed by atoms with Crippen molar-refractivity contribution >= 4 is 45.0 Å². The molecule has 11 nitrogen and oxygen atoms in total. The summed E-state index contributed by atoms with van der Waals surface area (Å²) in [6.45, 7) is 0. The zero-order valence-corrected chi connectivity index (χ0v) is 22.8. The normalized spacial score (nSPS) is 22.4. The molecule has 41 heavy (non-hydrogen) atoms. The number of fused-ring (bicyclic) bond motifs is 5. The predicted molar refractivity (Wildman–Crippen MR) is 151 cm³/mol. The molecule has 0 spiro atoms. The number of rotatable bonds is 4. The van der Waals surface area contributed by atoms with E-state index in [1.54, 1.807) is 32.3 Å². The van der Waals surface area contributed by atoms with E-state index in [-0.39, 0.29) is 23.0 Å². The monoisotopic (exact) mass is 556 g/mol. The molecule has 0 radical (unpaired) electrons. The number of phenolic OH excluding ortho intramolecular Hbond substituents is 1. The van der Waals surface area contributed by atoms with Gasteiger partial charge >= 0.3 is 0 Å². The Morgan fingerprint density at radius 3 is 2.37 bits per heavy atom. The number of anilines is 1. The molecule has 3 atom stereocenters. The first-order valence-electron chi connectivity index (χ1n) is 12.9. The smallest absolute Gasteiger partial charge is 0.255 e. The standard InChI is InChI=1S/C30H28N4O7/c1-33(2)16-8-5-13(6-9-16)29-32-18-10-7-14-11-15-12-17-22(34(3)4)24(36)21(28(31)39)27(38)30(17,40)26(37)20(15)23(35)19(14)25(18)41-29/h5-11,17,22,35,38,40H,12H2,1-4H3,(H2,31,39)/t17-,22-,30-/m0/s1. The van der Waals surface area contributed by atoms with Crippen LogP contribution >= 0.6 is 0 Å². The second kappa shape index (κ2) is 8.88. The molecule has 3 aromatic carbocycles. The summed E-state index contributed by atoms with van der Waals surface area (Å²) in [5.41, 5.74) is 4.40. The number of hydrogen-bond acceptors (Lipinski definition) is 10. The van der Waals surface area contributed by atoms with Crippen LogP contribution in [0.2, 0.25) is 0 Å². The van der Waals surface area contributed by atoms with Crippen molar-refractivity contribution in [2.75, 3.05) is 33.1 Å². The first-order chi connectivity index (χ1) is 19.4. The van der Waals surface area contributed by atoms with Crippen molar-refractivity contribution in [3.63, 3.8) is 0 Å². The summed E-state index contributed by atoms with van der Waals surface area (Å²) in [5, 5.41) is 35.0. The van der Waals surface area contributed by atoms with E-state index in [0.717, 1.165) is 5.69 Å². The first-order valence-corrected chi connectivity index (χ1v) is 12.9. The fraction of sp³-hybridized carbons (Fsp3) is 0.267. The van der Waals surface area contributed by atoms with Crippen LogP contribution in [0.1, 0.15) is 15.9 Å². The average molecular weight is 557 g/mol. The first kappa shape index (κ1) is 26.5. The minimum atomic E-state index is -2.67. The molecule has 0 saturated carbocycles. The van der Waals surface area contributed by atoms with Gasteiger partial charge in [0.1, 0.15) is 22.6 Å². The zero-order chi connectivity index (χ0) is 29.5. The van der Waals surface area contributed by atoms with Gasteiger partial charge in [-0.2, -0.15) is 0 Å². The molecule has 1 aromatic heterocycles. The molecular formula is C30H28N4O7. The van der Waals surface area contributed by atoms with E-state index in [2.05, 4.69) is 4.98 Å². The number of aromatic nitrogens is 1. The summed E-state index contributed by atoms with van der Waals surface area (Å²) >= 11 is 0. The second-order valence-corrected chi connectivity index (χ2v) is 11.0. The Morgan fingerprint density at radius 2 is 1.76 bits per heavy atom. The second-order valence-electron chi connectivity index (χ2n) is 11.0. The summed E-state index contributed by atoms with van der Waals surface area (Å²) < 4.78 is 6.11. The van der Waals surface area contributed by atoms with Crippen LogP contribution in [0.4, 0.5) is 5.69 Å². The van der Waals surface area contributed by atoms with Crippen LogP contribution in [0.15, 0.2) is 58.2 Å². The lowest BCUT2D eigenvalue weighted by molar-refractivity contribution is -0.132. The van der Waals surface area contributed by atoms with Gasteiger partial charge in [0.15, 0.2) is 17.0 Å². The Hall–Kier alpha value is -4.74. The Labute approximate surface area is 234 Å². The van der Waals surface area contributed by atoms with Crippen molar-refractivity contribution < 1.29 is 34.1 Å². The number of hydrogen-bond donors (Lipinski definition) is 4. The van der Waals surface area contributed by atoms with Crippen molar-refractivity contribution in [1.29, 1.82) is 0 Å². The van der Waals surface area contributed by atoms with Crippen LogP contribution in [0.3, 0.4) is 0 Å². The van der Waals surface area contributed by atoms with Crippen LogP contribution in [-0.2, 0) is 16.0 Å². The largest absolute Gasteiger partial charge is 0.508 e. The van der Waals surface area contributed by atoms with Gasteiger partial charge in [0.2, 0.25) is 11.7 Å². The number of amides is 1. The molecule has 1 amide bonds. The fourth-order valence-electron chi connectivity index (χ4n) is 6.19. The molecule has 0 fully saturated rings. The molecule has 0 bridgehead atoms. The number of aromatic hydroxyl groups is 1. The van der Waals surface area contributed by atoms with Gasteiger partial charge in [-0.1, -0.05) is 6.07 Å². The summed E-state index contributed by atoms with van der Waals surface area (Å²) in [5.74, 6) is -5.49. The van der Waals surface area contributed by atoms with Crippen molar-refractivity contribution in [2.24, 2.45) is 11.7 Å². The van der Waals surface area contributed by atoms with Crippen molar-refractivity contribution in [3.05, 3.63) is 64.9 Å². The fourth-order valence-corrected chi connectivity index (χ4v) is 6.19. The summed E-state index contributed by atoms with van der Waals surface area (Å²) in [6, 6.07) is 11.6. The van der Waals surface area contributed by atoms with E-state index in [4.69, 9.17) is 10.2 Å². The highest BCUT2D eigenvalue weighted by Crippen LogP contribution is 2.49. The van der Waals surface area contributed by atoms with E-state index in [1.807, 2.05) is 43.3 Å². The number of oxazole rings is 1. The number of aliphatic hydroxyl groups excluding tert-OH is 1. The number of Topliss-reactive ketones (excluding diaryl/α,β-unsaturated/α-hetero) is 2. The topological polar surface area (TPSA) is 170 Å². The van der Waals surface area contributed by atoms with Crippen LogP contribution in [-0.4, -0.2) is 82.5 Å². The molecule has 6 rings (SSSR count). The molecule has 0 unspecified atom stereocenters. The quantitative estimate of drug-likeness (QED) is 0.274. The molecular weight excluding hydrogens is 528 g/mol. The van der Waals surface area contributed by atoms with Crippen molar-refractivity contribution in [2.45, 2.75) is 18.1 Å². The number of likely N-dealkylation sites (N-methyl/N-ethyl adjacent to an activating group) is 1. The summed E-state index contributed by atoms with van der Waals surface area (Å²) in [7, 11) is 6.99. The van der Waals surface area contributed by atoms with Gasteiger partial charge in [-0.3, -0.25) is 19.3 Å². The number of carbonyl (C=O) groups excluding carboxylic acids is 3. The highest BCUT2D eigenvalue weighted by Gasteiger charge is 2.62. The lowest BCUT2D eigenvalue weighted by atomic mass is 9.62. The van der Waals surface area contributed by atoms with Crippen LogP contribution in [0, 0.1) is 5.92 Å². The van der Waals surface area contributed by atoms with Gasteiger partial charge < -0.3 is 30.4 Å². The lowest BCUT2D eigenvalue weighted by Gasteiger charge is -2.47. The molecule has 2 aliphatic carbocycles. The van der Waals surface area contributed by atoms with Crippen LogP contribution in [0.25, 0.3) is 33.3 Å². The molecule has 0 aliphatic heterocycles. The van der Waals surface area contributed by atoms with Crippen molar-refractivity contribution in [3.8, 4) is 17.2 Å². The number of carbonyl (C=O) groups is 3. The Morgan fingerprint density at radius 1 is 1.07 bits per heavy atom. The van der Waals surface area contributed by atoms with Gasteiger partial charge in [0.05, 0.1) is 17.0 Å². The average Bonchev–Trinajstić information content (AvgIpc) is 3.35. The van der Waals surface area contributed by atoms with Gasteiger partial charge in [0.25, 0.3) is 5.91 Å². The minimum Gasteiger partial charge on any atom is -0.508 e. The molecule has 0 saturated heterocycles. The highest BCUT2D eigenvalue weighted by molar-refractivity contribution is 6.25. The SMILES string of the molecule is CN(C)c1ccc(-c2nc3ccc4cc5c(c(O)c4c3o2)C(=O)[C@]2(O)C(O)=C(C(N)=O)C(=O)[C@@H](N(C)C)[C@@H]2C5)cc1. The van der Waals surface area contributed by atoms with E-state index < -0.39 is 52.1 Å². The van der Waals surface area contributed by atoms with E-state index in [0.29, 0.717) is 27.9 Å². The van der Waals surface area contributed by atoms with E-state index in [1.165, 1.54) is 4.90 Å². The summed E-state index contributed by atoms with van der Waals surface area (Å²) in [6.07, 6.45) is -0.0519. The number of phenols is 1. The third-order valence-electron chi connectivity index (χ3n) is 8.19. The highest BCUT2D eigenvalue weighted by atomic mass is 16.4. The molecule has 1 heterocycles. The number of nitrogens with two attached hydrogens (primary N) is 1. The van der Waals surface area contributed by atoms with E-state index in [9.17, 15) is 29.7 Å². The number of benzene rings is 3. The number of aliphatic hydroxyl groups is 2. The Bertz CT molecular complexity index is 1840. The van der Waals surface area contributed by atoms with E-state index >= 15 is 0 Å². The van der Waals surface area contributed by atoms with Gasteiger partial charge in [-0.15, -0.1) is 0 Å². The molecule has 11 heteroatoms. The maximum Gasteiger partial charge on any atom is 0.255 e. The molecule has 4 aromatic rings. The van der Waals surface area contributed by atoms with Gasteiger partial charge in [-0.05, 0) is 67.9 Å². The van der Waals surface area contributed by atoms with Crippen LogP contribution < -0.4 is 10.6 Å². The van der Waals surface area contributed by atoms with Gasteiger partial charge in [0, 0.05) is 31.3 Å². The number of primary amides is 1. The third kappa shape index (κ3) is 3.59. The molecule has 5 N–H and O–H groups in total. The lowest BCUT2D eigenvalue weighted by Crippen LogP contribution is -2.64. The molecule has 2 aliphatic rings. The maximum atomic E-state index is 14.0. The minimum absolute atomic E-state index is 0.0519. The maximum absolute atomic E-state index is 14.0. The number of ketones is 2. The molecule has 210 valence electrons. The number of nitrogens with zero attached hydrogens (tertiary/aromatic N) is 3. The Balaban J connectivity index is 1.56. The van der Waals surface area contributed by atoms with Crippen molar-refractivity contribution in [1.82, 2.24) is 9.88 Å². The van der Waals surface area contributed by atoms with Crippen LogP contribution in [0.5, 0.6) is 5.75 Å². The van der Waals surface area contributed by atoms with Gasteiger partial charge in [-0.25, -0.2) is 4.98 Å². The summed E-state index contributed by atoms with van der Waals surface area (Å²) in [4.78, 5) is 47.3. The third-order valence-corrected chi connectivity index (χ3v) is 8.19.